The monoisotopic (exact) mass is 278 g/mol. The second-order valence-corrected chi connectivity index (χ2v) is 5.78. The van der Waals surface area contributed by atoms with Crippen LogP contribution in [0.5, 0.6) is 0 Å². The van der Waals surface area contributed by atoms with Crippen LogP contribution in [0.25, 0.3) is 10.2 Å². The number of fused-ring (bicyclic) bond motifs is 3. The molecule has 3 rings (SSSR count). The topological polar surface area (TPSA) is 61.2 Å². The van der Waals surface area contributed by atoms with E-state index in [2.05, 4.69) is 9.72 Å². The third-order valence-corrected chi connectivity index (χ3v) is 4.81. The van der Waals surface area contributed by atoms with Crippen LogP contribution in [0, 0.1) is 0 Å². The molecular weight excluding hydrogens is 264 g/mol. The lowest BCUT2D eigenvalue weighted by atomic mass is 10.2. The van der Waals surface area contributed by atoms with Gasteiger partial charge >= 0.3 is 5.97 Å². The molecule has 2 aromatic rings. The lowest BCUT2D eigenvalue weighted by Crippen LogP contribution is -2.29. The average Bonchev–Trinajstić information content (AvgIpc) is 2.97. The molecule has 2 aromatic heterocycles. The molecule has 0 bridgehead atoms. The van der Waals surface area contributed by atoms with Gasteiger partial charge in [-0.1, -0.05) is 0 Å². The molecule has 0 N–H and O–H groups in total. The number of esters is 1. The first-order valence-corrected chi connectivity index (χ1v) is 7.04. The van der Waals surface area contributed by atoms with Crippen molar-refractivity contribution >= 4 is 27.5 Å². The van der Waals surface area contributed by atoms with Crippen molar-refractivity contribution < 1.29 is 9.53 Å². The van der Waals surface area contributed by atoms with Gasteiger partial charge in [0, 0.05) is 4.88 Å². The van der Waals surface area contributed by atoms with Crippen LogP contribution in [0.1, 0.15) is 29.8 Å². The van der Waals surface area contributed by atoms with Gasteiger partial charge in [-0.05, 0) is 31.7 Å². The molecule has 0 amide bonds. The van der Waals surface area contributed by atoms with Crippen LogP contribution < -0.4 is 5.56 Å². The fraction of sp³-hybridized carbons (Fsp3) is 0.462. The summed E-state index contributed by atoms with van der Waals surface area (Å²) in [6.45, 7) is 1.65. The number of aromatic nitrogens is 2. The van der Waals surface area contributed by atoms with E-state index in [0.29, 0.717) is 5.39 Å². The predicted molar refractivity (Wildman–Crippen MR) is 72.6 cm³/mol. The Morgan fingerprint density at radius 3 is 3.05 bits per heavy atom. The molecule has 0 fully saturated rings. The lowest BCUT2D eigenvalue weighted by Gasteiger charge is -2.12. The number of ether oxygens (including phenoxy) is 1. The smallest absolute Gasteiger partial charge is 0.328 e. The van der Waals surface area contributed by atoms with E-state index in [1.54, 1.807) is 18.3 Å². The minimum atomic E-state index is -0.647. The Bertz CT molecular complexity index is 716. The van der Waals surface area contributed by atoms with Gasteiger partial charge in [0.2, 0.25) is 0 Å². The van der Waals surface area contributed by atoms with E-state index >= 15 is 0 Å². The highest BCUT2D eigenvalue weighted by Crippen LogP contribution is 2.34. The third kappa shape index (κ3) is 1.78. The summed E-state index contributed by atoms with van der Waals surface area (Å²) in [4.78, 5) is 30.5. The maximum absolute atomic E-state index is 12.5. The quantitative estimate of drug-likeness (QED) is 0.784. The number of hydrogen-bond donors (Lipinski definition) is 0. The van der Waals surface area contributed by atoms with E-state index in [1.165, 1.54) is 22.9 Å². The van der Waals surface area contributed by atoms with Crippen molar-refractivity contribution in [1.82, 2.24) is 9.55 Å². The minimum absolute atomic E-state index is 0.137. The Labute approximate surface area is 113 Å². The highest BCUT2D eigenvalue weighted by atomic mass is 32.1. The average molecular weight is 278 g/mol. The van der Waals surface area contributed by atoms with Gasteiger partial charge in [0.25, 0.3) is 5.56 Å². The van der Waals surface area contributed by atoms with Crippen molar-refractivity contribution in [2.45, 2.75) is 32.2 Å². The Hall–Kier alpha value is -1.69. The fourth-order valence-electron chi connectivity index (χ4n) is 2.56. The molecule has 6 heteroatoms. The highest BCUT2D eigenvalue weighted by Gasteiger charge is 2.24. The lowest BCUT2D eigenvalue weighted by molar-refractivity contribution is -0.144. The van der Waals surface area contributed by atoms with Crippen LogP contribution in [0.15, 0.2) is 11.1 Å². The van der Waals surface area contributed by atoms with Crippen molar-refractivity contribution in [3.8, 4) is 0 Å². The van der Waals surface area contributed by atoms with Crippen molar-refractivity contribution in [1.29, 1.82) is 0 Å². The minimum Gasteiger partial charge on any atom is -0.467 e. The van der Waals surface area contributed by atoms with E-state index in [9.17, 15) is 9.59 Å². The van der Waals surface area contributed by atoms with Gasteiger partial charge in [-0.3, -0.25) is 9.36 Å². The molecule has 0 radical (unpaired) electrons. The van der Waals surface area contributed by atoms with E-state index in [0.717, 1.165) is 29.7 Å². The molecule has 0 spiro atoms. The van der Waals surface area contributed by atoms with Crippen molar-refractivity contribution in [3.63, 3.8) is 0 Å². The van der Waals surface area contributed by atoms with Crippen LogP contribution in [-0.2, 0) is 22.4 Å². The maximum Gasteiger partial charge on any atom is 0.328 e. The van der Waals surface area contributed by atoms with Crippen LogP contribution in [0.3, 0.4) is 0 Å². The van der Waals surface area contributed by atoms with Gasteiger partial charge in [0.1, 0.15) is 10.9 Å². The van der Waals surface area contributed by atoms with E-state index < -0.39 is 12.0 Å². The van der Waals surface area contributed by atoms with Gasteiger partial charge in [-0.2, -0.15) is 0 Å². The zero-order valence-electron chi connectivity index (χ0n) is 10.8. The van der Waals surface area contributed by atoms with Crippen LogP contribution in [0.4, 0.5) is 0 Å². The molecule has 1 atom stereocenters. The Morgan fingerprint density at radius 2 is 2.32 bits per heavy atom. The number of thiophene rings is 1. The first-order chi connectivity index (χ1) is 9.13. The standard InChI is InChI=1S/C13H14N2O3S/c1-7(13(17)18-2)15-6-14-11-10(12(15)16)8-4-3-5-9(8)19-11/h6-7H,3-5H2,1-2H3/t7-/m1/s1. The molecule has 0 aromatic carbocycles. The normalized spacial score (nSPS) is 15.5. The second kappa shape index (κ2) is 4.45. The van der Waals surface area contributed by atoms with Gasteiger partial charge in [0.05, 0.1) is 18.8 Å². The summed E-state index contributed by atoms with van der Waals surface area (Å²) < 4.78 is 6.04. The number of nitrogens with zero attached hydrogens (tertiary/aromatic N) is 2. The summed E-state index contributed by atoms with van der Waals surface area (Å²) in [6, 6.07) is -0.647. The zero-order valence-corrected chi connectivity index (χ0v) is 11.6. The number of hydrogen-bond acceptors (Lipinski definition) is 5. The zero-order chi connectivity index (χ0) is 13.6. The number of aryl methyl sites for hydroxylation is 2. The first-order valence-electron chi connectivity index (χ1n) is 6.22. The Kier molecular flexibility index (Phi) is 2.89. The molecular formula is C13H14N2O3S. The predicted octanol–water partition coefficient (Wildman–Crippen LogP) is 1.68. The molecule has 0 unspecified atom stereocenters. The summed E-state index contributed by atoms with van der Waals surface area (Å²) >= 11 is 1.59. The van der Waals surface area contributed by atoms with Gasteiger partial charge in [-0.25, -0.2) is 9.78 Å². The van der Waals surface area contributed by atoms with Gasteiger partial charge in [-0.15, -0.1) is 11.3 Å². The van der Waals surface area contributed by atoms with E-state index in [1.807, 2.05) is 0 Å². The summed E-state index contributed by atoms with van der Waals surface area (Å²) in [7, 11) is 1.32. The van der Waals surface area contributed by atoms with Gasteiger partial charge in [0.15, 0.2) is 0 Å². The molecule has 0 saturated heterocycles. The number of methoxy groups -OCH3 is 1. The molecule has 1 aliphatic carbocycles. The number of carbonyl (C=O) groups excluding carboxylic acids is 1. The molecule has 19 heavy (non-hydrogen) atoms. The van der Waals surface area contributed by atoms with E-state index in [4.69, 9.17) is 0 Å². The summed E-state index contributed by atoms with van der Waals surface area (Å²) in [5, 5.41) is 0.691. The van der Waals surface area contributed by atoms with Gasteiger partial charge < -0.3 is 4.74 Å². The summed E-state index contributed by atoms with van der Waals surface area (Å²) in [6.07, 6.45) is 4.50. The van der Waals surface area contributed by atoms with E-state index in [-0.39, 0.29) is 5.56 Å². The highest BCUT2D eigenvalue weighted by molar-refractivity contribution is 7.18. The molecule has 0 aliphatic heterocycles. The Morgan fingerprint density at radius 1 is 1.53 bits per heavy atom. The summed E-state index contributed by atoms with van der Waals surface area (Å²) in [5.74, 6) is -0.435. The molecule has 1 aliphatic rings. The first kappa shape index (κ1) is 12.3. The SMILES string of the molecule is COC(=O)[C@@H](C)n1cnc2sc3c(c2c1=O)CCC3. The maximum atomic E-state index is 12.5. The molecule has 100 valence electrons. The summed E-state index contributed by atoms with van der Waals surface area (Å²) in [5.41, 5.74) is 0.992. The number of rotatable bonds is 2. The largest absolute Gasteiger partial charge is 0.467 e. The van der Waals surface area contributed by atoms with Crippen LogP contribution in [0.2, 0.25) is 0 Å². The van der Waals surface area contributed by atoms with Crippen LogP contribution in [-0.4, -0.2) is 22.6 Å². The molecule has 0 saturated carbocycles. The Balaban J connectivity index is 2.21. The molecule has 2 heterocycles. The van der Waals surface area contributed by atoms with Crippen LogP contribution >= 0.6 is 11.3 Å². The molecule has 5 nitrogen and oxygen atoms in total. The third-order valence-electron chi connectivity index (χ3n) is 3.61. The van der Waals surface area contributed by atoms with Crippen molar-refractivity contribution in [3.05, 3.63) is 27.1 Å². The second-order valence-electron chi connectivity index (χ2n) is 4.69. The fourth-order valence-corrected chi connectivity index (χ4v) is 3.78. The van der Waals surface area contributed by atoms with Crippen molar-refractivity contribution in [2.24, 2.45) is 0 Å². The van der Waals surface area contributed by atoms with Crippen molar-refractivity contribution in [2.75, 3.05) is 7.11 Å². The number of carbonyl (C=O) groups is 1.